The predicted molar refractivity (Wildman–Crippen MR) is 150 cm³/mol. The normalized spacial score (nSPS) is 16.9. The number of ether oxygens (including phenoxy) is 2. The Kier molecular flexibility index (Phi) is 8.80. The summed E-state index contributed by atoms with van der Waals surface area (Å²) in [4.78, 5) is 15.1. The minimum Gasteiger partial charge on any atom is -0.492 e. The van der Waals surface area contributed by atoms with Crippen molar-refractivity contribution in [2.45, 2.75) is 64.0 Å². The molecule has 1 heterocycles. The Morgan fingerprint density at radius 1 is 0.811 bits per heavy atom. The van der Waals surface area contributed by atoms with Crippen molar-refractivity contribution in [1.82, 2.24) is 10.2 Å². The molecule has 1 aliphatic heterocycles. The number of nitrogens with one attached hydrogen (secondary N) is 2. The van der Waals surface area contributed by atoms with E-state index < -0.39 is 0 Å². The Hall–Kier alpha value is -3.25. The standard InChI is InChI=1S/C31H39N3O3/c35-31(32-25-9-3-1-4-10-25)33-29-17-18-30(28-12-6-5-11-27(28)29)37-23-24-13-15-26(16-14-24)36-22-21-34-19-7-2-8-20-34/h5-6,11-18,25H,1-4,7-10,19-23H2,(H2,32,33,35). The lowest BCUT2D eigenvalue weighted by Gasteiger charge is -2.26. The third kappa shape index (κ3) is 7.16. The lowest BCUT2D eigenvalue weighted by Crippen LogP contribution is -2.39. The van der Waals surface area contributed by atoms with E-state index in [1.807, 2.05) is 48.5 Å². The molecule has 6 nitrogen and oxygen atoms in total. The van der Waals surface area contributed by atoms with Crippen molar-refractivity contribution >= 4 is 22.5 Å². The van der Waals surface area contributed by atoms with Crippen LogP contribution in [-0.2, 0) is 6.61 Å². The van der Waals surface area contributed by atoms with Crippen LogP contribution < -0.4 is 20.1 Å². The van der Waals surface area contributed by atoms with Gasteiger partial charge in [-0.25, -0.2) is 4.79 Å². The van der Waals surface area contributed by atoms with Gasteiger partial charge in [0.1, 0.15) is 24.7 Å². The molecule has 3 aromatic rings. The Morgan fingerprint density at radius 2 is 1.54 bits per heavy atom. The molecule has 3 aromatic carbocycles. The second-order valence-electron chi connectivity index (χ2n) is 10.3. The fourth-order valence-electron chi connectivity index (χ4n) is 5.42. The van der Waals surface area contributed by atoms with Gasteiger partial charge in [-0.15, -0.1) is 0 Å². The summed E-state index contributed by atoms with van der Waals surface area (Å²) in [6, 6.07) is 20.2. The number of rotatable bonds is 9. The number of piperidine rings is 1. The van der Waals surface area contributed by atoms with Crippen LogP contribution >= 0.6 is 0 Å². The van der Waals surface area contributed by atoms with E-state index in [0.717, 1.165) is 59.5 Å². The highest BCUT2D eigenvalue weighted by Crippen LogP contribution is 2.32. The van der Waals surface area contributed by atoms with Crippen LogP contribution in [0.25, 0.3) is 10.8 Å². The summed E-state index contributed by atoms with van der Waals surface area (Å²) in [5.74, 6) is 1.70. The quantitative estimate of drug-likeness (QED) is 0.341. The first-order valence-corrected chi connectivity index (χ1v) is 13.9. The average Bonchev–Trinajstić information content (AvgIpc) is 2.94. The number of carbonyl (C=O) groups is 1. The number of urea groups is 1. The maximum Gasteiger partial charge on any atom is 0.319 e. The second kappa shape index (κ2) is 12.8. The van der Waals surface area contributed by atoms with E-state index >= 15 is 0 Å². The zero-order valence-electron chi connectivity index (χ0n) is 21.7. The minimum absolute atomic E-state index is 0.135. The van der Waals surface area contributed by atoms with Crippen molar-refractivity contribution in [2.75, 3.05) is 31.6 Å². The second-order valence-corrected chi connectivity index (χ2v) is 10.3. The molecule has 0 atom stereocenters. The molecule has 0 unspecified atom stereocenters. The van der Waals surface area contributed by atoms with Gasteiger partial charge in [-0.3, -0.25) is 4.90 Å². The Balaban J connectivity index is 1.15. The monoisotopic (exact) mass is 501 g/mol. The first-order valence-electron chi connectivity index (χ1n) is 13.9. The Bertz CT molecular complexity index is 1150. The molecule has 0 spiro atoms. The van der Waals surface area contributed by atoms with Gasteiger partial charge in [0.05, 0.1) is 5.69 Å². The van der Waals surface area contributed by atoms with E-state index in [0.29, 0.717) is 6.61 Å². The summed E-state index contributed by atoms with van der Waals surface area (Å²) in [6.45, 7) is 4.57. The minimum atomic E-state index is -0.135. The van der Waals surface area contributed by atoms with Crippen molar-refractivity contribution in [2.24, 2.45) is 0 Å². The van der Waals surface area contributed by atoms with E-state index in [4.69, 9.17) is 9.47 Å². The highest BCUT2D eigenvalue weighted by atomic mass is 16.5. The number of likely N-dealkylation sites (tertiary alicyclic amines) is 1. The van der Waals surface area contributed by atoms with Crippen LogP contribution in [-0.4, -0.2) is 43.2 Å². The smallest absolute Gasteiger partial charge is 0.319 e. The van der Waals surface area contributed by atoms with Crippen molar-refractivity contribution in [3.63, 3.8) is 0 Å². The molecular weight excluding hydrogens is 462 g/mol. The molecule has 37 heavy (non-hydrogen) atoms. The summed E-state index contributed by atoms with van der Waals surface area (Å²) >= 11 is 0. The van der Waals surface area contributed by atoms with Crippen molar-refractivity contribution < 1.29 is 14.3 Å². The molecular formula is C31H39N3O3. The molecule has 1 saturated carbocycles. The van der Waals surface area contributed by atoms with Crippen molar-refractivity contribution in [1.29, 1.82) is 0 Å². The average molecular weight is 502 g/mol. The molecule has 2 aliphatic rings. The SMILES string of the molecule is O=C(Nc1ccc(OCc2ccc(OCCN3CCCCC3)cc2)c2ccccc12)NC1CCCCC1. The summed E-state index contributed by atoms with van der Waals surface area (Å²) in [5, 5.41) is 8.14. The van der Waals surface area contributed by atoms with Gasteiger partial charge in [0.15, 0.2) is 0 Å². The van der Waals surface area contributed by atoms with Gasteiger partial charge in [-0.2, -0.15) is 0 Å². The summed E-state index contributed by atoms with van der Waals surface area (Å²) < 4.78 is 12.2. The summed E-state index contributed by atoms with van der Waals surface area (Å²) in [5.41, 5.74) is 1.88. The van der Waals surface area contributed by atoms with E-state index in [9.17, 15) is 4.79 Å². The molecule has 2 amide bonds. The van der Waals surface area contributed by atoms with Crippen LogP contribution in [0.4, 0.5) is 10.5 Å². The zero-order valence-corrected chi connectivity index (χ0v) is 21.7. The first kappa shape index (κ1) is 25.4. The van der Waals surface area contributed by atoms with E-state index in [-0.39, 0.29) is 12.1 Å². The number of hydrogen-bond donors (Lipinski definition) is 2. The fourth-order valence-corrected chi connectivity index (χ4v) is 5.42. The molecule has 0 bridgehead atoms. The lowest BCUT2D eigenvalue weighted by atomic mass is 9.96. The fraction of sp³-hybridized carbons (Fsp3) is 0.452. The number of benzene rings is 3. The van der Waals surface area contributed by atoms with Crippen molar-refractivity contribution in [3.8, 4) is 11.5 Å². The van der Waals surface area contributed by atoms with Gasteiger partial charge >= 0.3 is 6.03 Å². The maximum absolute atomic E-state index is 12.6. The van der Waals surface area contributed by atoms with Gasteiger partial charge < -0.3 is 20.1 Å². The molecule has 2 fully saturated rings. The third-order valence-electron chi connectivity index (χ3n) is 7.52. The molecule has 6 heteroatoms. The van der Waals surface area contributed by atoms with Gasteiger partial charge in [0, 0.05) is 23.4 Å². The van der Waals surface area contributed by atoms with Crippen LogP contribution in [0.5, 0.6) is 11.5 Å². The number of carbonyl (C=O) groups excluding carboxylic acids is 1. The van der Waals surface area contributed by atoms with Crippen LogP contribution in [0, 0.1) is 0 Å². The summed E-state index contributed by atoms with van der Waals surface area (Å²) in [6.07, 6.45) is 9.73. The lowest BCUT2D eigenvalue weighted by molar-refractivity contribution is 0.183. The highest BCUT2D eigenvalue weighted by molar-refractivity contribution is 6.03. The van der Waals surface area contributed by atoms with Gasteiger partial charge in [0.2, 0.25) is 0 Å². The van der Waals surface area contributed by atoms with Crippen LogP contribution in [0.3, 0.4) is 0 Å². The third-order valence-corrected chi connectivity index (χ3v) is 7.52. The number of fused-ring (bicyclic) bond motifs is 1. The number of hydrogen-bond acceptors (Lipinski definition) is 4. The number of nitrogens with zero attached hydrogens (tertiary/aromatic N) is 1. The van der Waals surface area contributed by atoms with Crippen LogP contribution in [0.15, 0.2) is 60.7 Å². The molecule has 2 N–H and O–H groups in total. The number of amides is 2. The van der Waals surface area contributed by atoms with E-state index in [2.05, 4.69) is 27.7 Å². The largest absolute Gasteiger partial charge is 0.492 e. The molecule has 1 saturated heterocycles. The van der Waals surface area contributed by atoms with E-state index in [1.165, 1.54) is 51.6 Å². The van der Waals surface area contributed by atoms with Crippen LogP contribution in [0.1, 0.15) is 56.9 Å². The Labute approximate surface area is 220 Å². The molecule has 196 valence electrons. The van der Waals surface area contributed by atoms with Gasteiger partial charge in [0.25, 0.3) is 0 Å². The van der Waals surface area contributed by atoms with Gasteiger partial charge in [-0.1, -0.05) is 62.1 Å². The molecule has 0 radical (unpaired) electrons. The highest BCUT2D eigenvalue weighted by Gasteiger charge is 2.17. The van der Waals surface area contributed by atoms with Crippen molar-refractivity contribution in [3.05, 3.63) is 66.2 Å². The van der Waals surface area contributed by atoms with Gasteiger partial charge in [-0.05, 0) is 68.6 Å². The zero-order chi connectivity index (χ0) is 25.3. The van der Waals surface area contributed by atoms with E-state index in [1.54, 1.807) is 0 Å². The number of anilines is 1. The van der Waals surface area contributed by atoms with Crippen LogP contribution in [0.2, 0.25) is 0 Å². The summed E-state index contributed by atoms with van der Waals surface area (Å²) in [7, 11) is 0. The molecule has 1 aliphatic carbocycles. The maximum atomic E-state index is 12.6. The topological polar surface area (TPSA) is 62.8 Å². The molecule has 0 aromatic heterocycles. The molecule has 5 rings (SSSR count). The first-order chi connectivity index (χ1) is 18.2. The Morgan fingerprint density at radius 3 is 2.32 bits per heavy atom. The predicted octanol–water partition coefficient (Wildman–Crippen LogP) is 6.74.